The fourth-order valence-electron chi connectivity index (χ4n) is 4.14. The Morgan fingerprint density at radius 1 is 0.875 bits per heavy atom. The minimum absolute atomic E-state index is 0.0127. The topological polar surface area (TPSA) is 64.6 Å². The van der Waals surface area contributed by atoms with E-state index in [1.54, 1.807) is 38.5 Å². The molecule has 3 aromatic rings. The van der Waals surface area contributed by atoms with E-state index in [1.165, 1.54) is 0 Å². The van der Waals surface area contributed by atoms with Crippen LogP contribution in [0.3, 0.4) is 0 Å². The van der Waals surface area contributed by atoms with Crippen molar-refractivity contribution in [3.8, 4) is 11.5 Å². The van der Waals surface area contributed by atoms with E-state index in [9.17, 15) is 9.59 Å². The zero-order valence-electron chi connectivity index (χ0n) is 18.1. The normalized spacial score (nSPS) is 17.1. The molecule has 1 heterocycles. The molecule has 1 aliphatic heterocycles. The van der Waals surface area contributed by atoms with Gasteiger partial charge in [0.2, 0.25) is 5.91 Å². The Kier molecular flexibility index (Phi) is 6.08. The van der Waals surface area contributed by atoms with Crippen LogP contribution in [0.4, 0.5) is 5.69 Å². The molecule has 1 N–H and O–H groups in total. The zero-order valence-corrected chi connectivity index (χ0v) is 18.1. The molecule has 32 heavy (non-hydrogen) atoms. The molecule has 0 spiro atoms. The second-order valence-electron chi connectivity index (χ2n) is 7.66. The monoisotopic (exact) mass is 427 g/mol. The van der Waals surface area contributed by atoms with E-state index in [1.807, 2.05) is 60.7 Å². The van der Waals surface area contributed by atoms with E-state index in [-0.39, 0.29) is 18.1 Å². The number of ketones is 1. The molecule has 0 radical (unpaired) electrons. The van der Waals surface area contributed by atoms with E-state index in [2.05, 4.69) is 5.32 Å². The molecule has 0 saturated heterocycles. The number of rotatable bonds is 8. The van der Waals surface area contributed by atoms with Gasteiger partial charge in [-0.2, -0.15) is 0 Å². The highest BCUT2D eigenvalue weighted by molar-refractivity contribution is 6.08. The quantitative estimate of drug-likeness (QED) is 0.398. The van der Waals surface area contributed by atoms with Crippen LogP contribution in [0.5, 0.6) is 11.5 Å². The first-order valence-corrected chi connectivity index (χ1v) is 10.5. The molecule has 0 unspecified atom stereocenters. The molecule has 0 bridgehead atoms. The summed E-state index contributed by atoms with van der Waals surface area (Å²) in [6, 6.07) is 22.4. The van der Waals surface area contributed by atoms with Gasteiger partial charge in [0.15, 0.2) is 5.78 Å². The first-order chi connectivity index (χ1) is 15.6. The lowest BCUT2D eigenvalue weighted by molar-refractivity contribution is -0.119. The molecular weight excluding hydrogens is 402 g/mol. The number of carbonyl (C=O) groups is 2. The number of carbonyl (C=O) groups excluding carboxylic acids is 2. The summed E-state index contributed by atoms with van der Waals surface area (Å²) in [6.07, 6.45) is 4.46. The van der Waals surface area contributed by atoms with Crippen molar-refractivity contribution in [2.45, 2.75) is 18.3 Å². The molecule has 1 aliphatic rings. The number of methoxy groups -OCH3 is 2. The molecule has 5 heteroatoms. The highest BCUT2D eigenvalue weighted by Crippen LogP contribution is 2.45. The van der Waals surface area contributed by atoms with Crippen LogP contribution < -0.4 is 14.8 Å². The van der Waals surface area contributed by atoms with Crippen molar-refractivity contribution in [1.82, 2.24) is 0 Å². The van der Waals surface area contributed by atoms with Crippen molar-refractivity contribution in [2.24, 2.45) is 0 Å². The van der Waals surface area contributed by atoms with E-state index >= 15 is 0 Å². The van der Waals surface area contributed by atoms with Crippen molar-refractivity contribution in [2.75, 3.05) is 19.5 Å². The Morgan fingerprint density at radius 3 is 2.16 bits per heavy atom. The van der Waals surface area contributed by atoms with E-state index < -0.39 is 5.41 Å². The van der Waals surface area contributed by atoms with Crippen LogP contribution in [0.25, 0.3) is 0 Å². The van der Waals surface area contributed by atoms with Gasteiger partial charge in [0.1, 0.15) is 16.9 Å². The van der Waals surface area contributed by atoms with Crippen LogP contribution in [0.1, 0.15) is 34.3 Å². The third-order valence-corrected chi connectivity index (χ3v) is 5.91. The van der Waals surface area contributed by atoms with E-state index in [4.69, 9.17) is 9.47 Å². The third kappa shape index (κ3) is 3.89. The Labute approximate surface area is 187 Å². The van der Waals surface area contributed by atoms with E-state index in [0.717, 1.165) is 22.6 Å². The summed E-state index contributed by atoms with van der Waals surface area (Å²) in [5, 5.41) is 3.02. The molecule has 0 fully saturated rings. The first kappa shape index (κ1) is 21.4. The maximum Gasteiger partial charge on any atom is 0.239 e. The summed E-state index contributed by atoms with van der Waals surface area (Å²) < 4.78 is 10.4. The lowest BCUT2D eigenvalue weighted by atomic mass is 9.72. The summed E-state index contributed by atoms with van der Waals surface area (Å²) in [5.41, 5.74) is 2.40. The molecule has 4 rings (SSSR count). The summed E-state index contributed by atoms with van der Waals surface area (Å²) in [6.45, 7) is 0. The lowest BCUT2D eigenvalue weighted by Crippen LogP contribution is -2.35. The summed E-state index contributed by atoms with van der Waals surface area (Å²) in [5.74, 6) is 1.38. The van der Waals surface area contributed by atoms with Gasteiger partial charge < -0.3 is 14.8 Å². The second kappa shape index (κ2) is 9.10. The zero-order chi connectivity index (χ0) is 22.6. The van der Waals surface area contributed by atoms with Crippen LogP contribution in [-0.4, -0.2) is 25.9 Å². The van der Waals surface area contributed by atoms with Gasteiger partial charge >= 0.3 is 0 Å². The molecule has 3 aromatic carbocycles. The van der Waals surface area contributed by atoms with Gasteiger partial charge in [-0.05, 0) is 60.0 Å². The van der Waals surface area contributed by atoms with Gasteiger partial charge in [-0.3, -0.25) is 9.59 Å². The highest BCUT2D eigenvalue weighted by Gasteiger charge is 2.47. The fraction of sp³-hybridized carbons (Fsp3) is 0.185. The fourth-order valence-corrected chi connectivity index (χ4v) is 4.14. The number of hydrogen-bond acceptors (Lipinski definition) is 4. The summed E-state index contributed by atoms with van der Waals surface area (Å²) >= 11 is 0. The average Bonchev–Trinajstić information content (AvgIpc) is 3.13. The van der Waals surface area contributed by atoms with Gasteiger partial charge in [-0.15, -0.1) is 0 Å². The van der Waals surface area contributed by atoms with Crippen LogP contribution in [0.15, 0.2) is 84.9 Å². The van der Waals surface area contributed by atoms with Gasteiger partial charge in [0.05, 0.1) is 14.2 Å². The predicted molar refractivity (Wildman–Crippen MR) is 125 cm³/mol. The molecule has 5 nitrogen and oxygen atoms in total. The minimum Gasteiger partial charge on any atom is -0.497 e. The van der Waals surface area contributed by atoms with Gasteiger partial charge in [0.25, 0.3) is 0 Å². The molecular formula is C27H25NO4. The number of hydrogen-bond donors (Lipinski definition) is 1. The van der Waals surface area contributed by atoms with Gasteiger partial charge in [0, 0.05) is 17.7 Å². The largest absolute Gasteiger partial charge is 0.497 e. The summed E-state index contributed by atoms with van der Waals surface area (Å²) in [7, 11) is 3.21. The second-order valence-corrected chi connectivity index (χ2v) is 7.66. The number of nitrogens with one attached hydrogen (secondary N) is 1. The Bertz CT molecular complexity index is 1150. The SMILES string of the molecule is COc1ccc(C(=O)C/C=C/C[C@@]2(c3ccc(OC)cc3)C(=O)Nc3ccccc32)cc1. The maximum absolute atomic E-state index is 13.3. The molecule has 0 saturated carbocycles. The molecule has 1 amide bonds. The van der Waals surface area contributed by atoms with Crippen molar-refractivity contribution >= 4 is 17.4 Å². The van der Waals surface area contributed by atoms with Crippen LogP contribution in [0, 0.1) is 0 Å². The van der Waals surface area contributed by atoms with Crippen LogP contribution in [-0.2, 0) is 10.2 Å². The van der Waals surface area contributed by atoms with Crippen molar-refractivity contribution < 1.29 is 19.1 Å². The number of benzene rings is 3. The number of amides is 1. The number of para-hydroxylation sites is 1. The Hall–Kier alpha value is -3.86. The first-order valence-electron chi connectivity index (χ1n) is 10.5. The number of anilines is 1. The third-order valence-electron chi connectivity index (χ3n) is 5.91. The predicted octanol–water partition coefficient (Wildman–Crippen LogP) is 5.16. The number of ether oxygens (including phenoxy) is 2. The van der Waals surface area contributed by atoms with Crippen LogP contribution in [0.2, 0.25) is 0 Å². The van der Waals surface area contributed by atoms with Gasteiger partial charge in [-0.25, -0.2) is 0 Å². The standard InChI is InChI=1S/C27H25NO4/c1-31-21-14-10-19(11-15-21)25(29)9-5-6-18-27(20-12-16-22(32-2)17-13-20)23-7-3-4-8-24(23)28-26(27)30/h3-8,10-17H,9,18H2,1-2H3,(H,28,30)/b6-5+/t27-/m0/s1. The Morgan fingerprint density at radius 2 is 1.50 bits per heavy atom. The summed E-state index contributed by atoms with van der Waals surface area (Å²) in [4.78, 5) is 25.8. The number of Topliss-reactive ketones (excluding diaryl/α,β-unsaturated/α-hetero) is 1. The van der Waals surface area contributed by atoms with Crippen LogP contribution >= 0.6 is 0 Å². The molecule has 0 aliphatic carbocycles. The van der Waals surface area contributed by atoms with Gasteiger partial charge in [-0.1, -0.05) is 42.5 Å². The van der Waals surface area contributed by atoms with E-state index in [0.29, 0.717) is 17.7 Å². The average molecular weight is 428 g/mol. The number of fused-ring (bicyclic) bond motifs is 1. The smallest absolute Gasteiger partial charge is 0.239 e. The van der Waals surface area contributed by atoms with Crippen molar-refractivity contribution in [1.29, 1.82) is 0 Å². The maximum atomic E-state index is 13.3. The van der Waals surface area contributed by atoms with Crippen molar-refractivity contribution in [3.63, 3.8) is 0 Å². The number of allylic oxidation sites excluding steroid dienone is 2. The molecule has 1 atom stereocenters. The Balaban J connectivity index is 1.59. The lowest BCUT2D eigenvalue weighted by Gasteiger charge is -2.27. The van der Waals surface area contributed by atoms with Crippen molar-refractivity contribution in [3.05, 3.63) is 102 Å². The molecule has 162 valence electrons. The minimum atomic E-state index is -0.859. The molecule has 0 aromatic heterocycles. The highest BCUT2D eigenvalue weighted by atomic mass is 16.5.